The molecule has 1 N–H and O–H groups in total. The molecule has 1 heterocycles. The van der Waals surface area contributed by atoms with Crippen LogP contribution < -0.4 is 10.2 Å². The van der Waals surface area contributed by atoms with Crippen LogP contribution in [0.5, 0.6) is 0 Å². The summed E-state index contributed by atoms with van der Waals surface area (Å²) in [6.45, 7) is 6.02. The molecule has 0 unspecified atom stereocenters. The van der Waals surface area contributed by atoms with Crippen molar-refractivity contribution >= 4 is 11.5 Å². The maximum Gasteiger partial charge on any atom is 0.155 e. The third-order valence-corrected chi connectivity index (χ3v) is 3.20. The Morgan fingerprint density at radius 3 is 2.40 bits per heavy atom. The van der Waals surface area contributed by atoms with Gasteiger partial charge in [0.1, 0.15) is 0 Å². The fourth-order valence-corrected chi connectivity index (χ4v) is 1.92. The van der Waals surface area contributed by atoms with Crippen LogP contribution in [0.2, 0.25) is 0 Å². The van der Waals surface area contributed by atoms with Gasteiger partial charge in [0.25, 0.3) is 0 Å². The zero-order chi connectivity index (χ0) is 14.4. The van der Waals surface area contributed by atoms with Crippen molar-refractivity contribution in [1.82, 2.24) is 15.5 Å². The molecule has 0 fully saturated rings. The first-order valence-corrected chi connectivity index (χ1v) is 7.04. The third kappa shape index (κ3) is 3.78. The van der Waals surface area contributed by atoms with Gasteiger partial charge in [-0.2, -0.15) is 5.10 Å². The van der Waals surface area contributed by atoms with E-state index in [9.17, 15) is 0 Å². The molecule has 0 atom stereocenters. The molecule has 1 aromatic carbocycles. The monoisotopic (exact) mass is 270 g/mol. The molecular formula is C16H22N4. The standard InChI is InChI=1S/C16H22N4/c1-4-11-17-12-14-7-10-16(19-18-14)20(3)15-8-5-13(2)6-9-15/h5-10,17H,4,11-12H2,1-3H3. The lowest BCUT2D eigenvalue weighted by molar-refractivity contribution is 0.656. The van der Waals surface area contributed by atoms with E-state index in [1.54, 1.807) is 0 Å². The van der Waals surface area contributed by atoms with Crippen molar-refractivity contribution in [1.29, 1.82) is 0 Å². The van der Waals surface area contributed by atoms with Crippen LogP contribution in [0.25, 0.3) is 0 Å². The Morgan fingerprint density at radius 1 is 1.05 bits per heavy atom. The highest BCUT2D eigenvalue weighted by atomic mass is 15.2. The molecule has 0 aliphatic carbocycles. The lowest BCUT2D eigenvalue weighted by Crippen LogP contribution is -2.16. The first kappa shape index (κ1) is 14.5. The molecule has 0 saturated heterocycles. The number of rotatable bonds is 6. The molecule has 2 aromatic rings. The Hall–Kier alpha value is -1.94. The van der Waals surface area contributed by atoms with Crippen molar-refractivity contribution in [2.24, 2.45) is 0 Å². The van der Waals surface area contributed by atoms with Crippen LogP contribution in [-0.2, 0) is 6.54 Å². The van der Waals surface area contributed by atoms with Gasteiger partial charge < -0.3 is 10.2 Å². The Balaban J connectivity index is 2.03. The number of nitrogens with zero attached hydrogens (tertiary/aromatic N) is 3. The van der Waals surface area contributed by atoms with E-state index in [0.29, 0.717) is 0 Å². The molecule has 0 bridgehead atoms. The number of benzene rings is 1. The summed E-state index contributed by atoms with van der Waals surface area (Å²) in [6.07, 6.45) is 1.13. The maximum atomic E-state index is 4.29. The molecular weight excluding hydrogens is 248 g/mol. The first-order chi connectivity index (χ1) is 9.70. The minimum absolute atomic E-state index is 0.773. The molecule has 0 radical (unpaired) electrons. The first-order valence-electron chi connectivity index (χ1n) is 7.04. The second-order valence-electron chi connectivity index (χ2n) is 4.95. The summed E-state index contributed by atoms with van der Waals surface area (Å²) in [5.74, 6) is 0.855. The van der Waals surface area contributed by atoms with Crippen LogP contribution in [0.1, 0.15) is 24.6 Å². The molecule has 4 heteroatoms. The van der Waals surface area contributed by atoms with E-state index >= 15 is 0 Å². The molecule has 20 heavy (non-hydrogen) atoms. The third-order valence-electron chi connectivity index (χ3n) is 3.20. The quantitative estimate of drug-likeness (QED) is 0.819. The number of hydrogen-bond acceptors (Lipinski definition) is 4. The minimum atomic E-state index is 0.773. The number of aryl methyl sites for hydroxylation is 1. The van der Waals surface area contributed by atoms with Gasteiger partial charge in [-0.25, -0.2) is 0 Å². The van der Waals surface area contributed by atoms with Crippen LogP contribution in [0.3, 0.4) is 0 Å². The van der Waals surface area contributed by atoms with Crippen LogP contribution in [-0.4, -0.2) is 23.8 Å². The molecule has 2 rings (SSSR count). The Kier molecular flexibility index (Phi) is 5.07. The van der Waals surface area contributed by atoms with Crippen LogP contribution in [0.15, 0.2) is 36.4 Å². The van der Waals surface area contributed by atoms with E-state index in [1.807, 2.05) is 24.1 Å². The summed E-state index contributed by atoms with van der Waals surface area (Å²) in [5.41, 5.74) is 3.34. The zero-order valence-corrected chi connectivity index (χ0v) is 12.4. The normalized spacial score (nSPS) is 10.6. The summed E-state index contributed by atoms with van der Waals surface area (Å²) in [6, 6.07) is 12.4. The van der Waals surface area contributed by atoms with Crippen LogP contribution >= 0.6 is 0 Å². The van der Waals surface area contributed by atoms with Gasteiger partial charge in [0.05, 0.1) is 5.69 Å². The van der Waals surface area contributed by atoms with E-state index in [2.05, 4.69) is 53.6 Å². The van der Waals surface area contributed by atoms with E-state index in [1.165, 1.54) is 5.56 Å². The van der Waals surface area contributed by atoms with Gasteiger partial charge in [-0.05, 0) is 44.2 Å². The summed E-state index contributed by atoms with van der Waals surface area (Å²) >= 11 is 0. The Morgan fingerprint density at radius 2 is 1.80 bits per heavy atom. The average Bonchev–Trinajstić information content (AvgIpc) is 2.48. The number of anilines is 2. The molecule has 0 aliphatic rings. The minimum Gasteiger partial charge on any atom is -0.328 e. The highest BCUT2D eigenvalue weighted by Crippen LogP contribution is 2.21. The summed E-state index contributed by atoms with van der Waals surface area (Å²) in [7, 11) is 2.00. The van der Waals surface area contributed by atoms with Gasteiger partial charge in [0.15, 0.2) is 5.82 Å². The molecule has 0 saturated carbocycles. The van der Waals surface area contributed by atoms with Gasteiger partial charge in [0.2, 0.25) is 0 Å². The highest BCUT2D eigenvalue weighted by Gasteiger charge is 2.05. The van der Waals surface area contributed by atoms with Crippen molar-refractivity contribution in [2.75, 3.05) is 18.5 Å². The average molecular weight is 270 g/mol. The van der Waals surface area contributed by atoms with Crippen molar-refractivity contribution in [3.63, 3.8) is 0 Å². The van der Waals surface area contributed by atoms with Gasteiger partial charge in [-0.15, -0.1) is 5.10 Å². The summed E-state index contributed by atoms with van der Waals surface area (Å²) in [4.78, 5) is 2.04. The van der Waals surface area contributed by atoms with E-state index in [-0.39, 0.29) is 0 Å². The molecule has 1 aromatic heterocycles. The summed E-state index contributed by atoms with van der Waals surface area (Å²) < 4.78 is 0. The van der Waals surface area contributed by atoms with Gasteiger partial charge in [0, 0.05) is 19.3 Å². The largest absolute Gasteiger partial charge is 0.328 e. The summed E-state index contributed by atoms with van der Waals surface area (Å²) in [5, 5.41) is 11.9. The zero-order valence-electron chi connectivity index (χ0n) is 12.4. The predicted octanol–water partition coefficient (Wildman–Crippen LogP) is 3.05. The number of hydrogen-bond donors (Lipinski definition) is 1. The van der Waals surface area contributed by atoms with Crippen molar-refractivity contribution in [3.05, 3.63) is 47.7 Å². The van der Waals surface area contributed by atoms with Gasteiger partial charge in [-0.1, -0.05) is 24.6 Å². The fraction of sp³-hybridized carbons (Fsp3) is 0.375. The van der Waals surface area contributed by atoms with Crippen LogP contribution in [0.4, 0.5) is 11.5 Å². The lowest BCUT2D eigenvalue weighted by Gasteiger charge is -2.18. The van der Waals surface area contributed by atoms with Crippen molar-refractivity contribution in [2.45, 2.75) is 26.8 Å². The van der Waals surface area contributed by atoms with Gasteiger partial charge in [-0.3, -0.25) is 0 Å². The van der Waals surface area contributed by atoms with E-state index < -0.39 is 0 Å². The molecule has 4 nitrogen and oxygen atoms in total. The van der Waals surface area contributed by atoms with Crippen molar-refractivity contribution in [3.8, 4) is 0 Å². The van der Waals surface area contributed by atoms with Gasteiger partial charge >= 0.3 is 0 Å². The maximum absolute atomic E-state index is 4.29. The molecule has 0 aliphatic heterocycles. The second kappa shape index (κ2) is 7.01. The topological polar surface area (TPSA) is 41.0 Å². The second-order valence-corrected chi connectivity index (χ2v) is 4.95. The SMILES string of the molecule is CCCNCc1ccc(N(C)c2ccc(C)cc2)nn1. The predicted molar refractivity (Wildman–Crippen MR) is 83.3 cm³/mol. The lowest BCUT2D eigenvalue weighted by atomic mass is 10.2. The molecule has 0 spiro atoms. The fourth-order valence-electron chi connectivity index (χ4n) is 1.92. The van der Waals surface area contributed by atoms with Crippen molar-refractivity contribution < 1.29 is 0 Å². The Labute approximate surface area is 120 Å². The van der Waals surface area contributed by atoms with E-state index in [0.717, 1.165) is 36.7 Å². The smallest absolute Gasteiger partial charge is 0.155 e. The number of aromatic nitrogens is 2. The number of nitrogens with one attached hydrogen (secondary N) is 1. The molecule has 0 amide bonds. The Bertz CT molecular complexity index is 519. The molecule has 106 valence electrons. The van der Waals surface area contributed by atoms with E-state index in [4.69, 9.17) is 0 Å². The highest BCUT2D eigenvalue weighted by molar-refractivity contribution is 5.58. The van der Waals surface area contributed by atoms with Crippen LogP contribution in [0, 0.1) is 6.92 Å².